The van der Waals surface area contributed by atoms with Crippen LogP contribution in [0.3, 0.4) is 0 Å². The zero-order chi connectivity index (χ0) is 12.8. The van der Waals surface area contributed by atoms with Crippen LogP contribution in [0.15, 0.2) is 29.3 Å². The first-order valence-electron chi connectivity index (χ1n) is 6.55. The molecule has 1 fully saturated rings. The van der Waals surface area contributed by atoms with E-state index in [0.29, 0.717) is 18.5 Å². The first-order valence-corrected chi connectivity index (χ1v) is 6.93. The molecule has 3 N–H and O–H groups in total. The van der Waals surface area contributed by atoms with Gasteiger partial charge in [-0.2, -0.15) is 0 Å². The molecule has 1 saturated carbocycles. The van der Waals surface area contributed by atoms with E-state index in [1.807, 2.05) is 24.3 Å². The Morgan fingerprint density at radius 3 is 2.61 bits per heavy atom. The van der Waals surface area contributed by atoms with E-state index >= 15 is 0 Å². The van der Waals surface area contributed by atoms with Crippen molar-refractivity contribution in [3.05, 3.63) is 34.9 Å². The summed E-state index contributed by atoms with van der Waals surface area (Å²) in [5.74, 6) is 0.580. The van der Waals surface area contributed by atoms with Crippen LogP contribution in [0.1, 0.15) is 31.2 Å². The largest absolute Gasteiger partial charge is 0.370 e. The van der Waals surface area contributed by atoms with Crippen molar-refractivity contribution >= 4 is 17.6 Å². The lowest BCUT2D eigenvalue weighted by Crippen LogP contribution is -2.38. The maximum Gasteiger partial charge on any atom is 0.188 e. The van der Waals surface area contributed by atoms with Gasteiger partial charge in [0.2, 0.25) is 0 Å². The Balaban J connectivity index is 1.74. The number of nitrogens with zero attached hydrogens (tertiary/aromatic N) is 1. The van der Waals surface area contributed by atoms with E-state index in [0.717, 1.165) is 11.4 Å². The molecule has 0 heterocycles. The van der Waals surface area contributed by atoms with Gasteiger partial charge in [0.1, 0.15) is 0 Å². The van der Waals surface area contributed by atoms with Crippen LogP contribution in [0.25, 0.3) is 0 Å². The maximum absolute atomic E-state index is 5.86. The van der Waals surface area contributed by atoms with Crippen molar-refractivity contribution < 1.29 is 0 Å². The zero-order valence-electron chi connectivity index (χ0n) is 10.5. The van der Waals surface area contributed by atoms with Crippen molar-refractivity contribution in [2.24, 2.45) is 10.7 Å². The van der Waals surface area contributed by atoms with E-state index in [4.69, 9.17) is 17.3 Å². The summed E-state index contributed by atoms with van der Waals surface area (Å²) in [5, 5.41) is 4.05. The van der Waals surface area contributed by atoms with E-state index < -0.39 is 0 Å². The molecule has 1 aromatic rings. The molecule has 98 valence electrons. The second-order valence-corrected chi connectivity index (χ2v) is 5.21. The fourth-order valence-electron chi connectivity index (χ4n) is 2.28. The first kappa shape index (κ1) is 13.2. The van der Waals surface area contributed by atoms with Crippen LogP contribution in [0.2, 0.25) is 5.02 Å². The molecule has 0 spiro atoms. The Labute approximate surface area is 113 Å². The van der Waals surface area contributed by atoms with Crippen LogP contribution in [0.5, 0.6) is 0 Å². The van der Waals surface area contributed by atoms with Crippen molar-refractivity contribution in [3.63, 3.8) is 0 Å². The fourth-order valence-corrected chi connectivity index (χ4v) is 2.41. The maximum atomic E-state index is 5.86. The van der Waals surface area contributed by atoms with Crippen LogP contribution in [0.4, 0.5) is 0 Å². The SMILES string of the molecule is NC(=NCCc1ccc(Cl)cc1)NC1CCCC1. The number of nitrogens with two attached hydrogens (primary N) is 1. The molecule has 0 aliphatic heterocycles. The highest BCUT2D eigenvalue weighted by Gasteiger charge is 2.14. The molecule has 1 aromatic carbocycles. The summed E-state index contributed by atoms with van der Waals surface area (Å²) in [4.78, 5) is 4.36. The normalized spacial score (nSPS) is 17.1. The molecule has 0 unspecified atom stereocenters. The van der Waals surface area contributed by atoms with Gasteiger partial charge in [-0.05, 0) is 37.0 Å². The van der Waals surface area contributed by atoms with Gasteiger partial charge in [-0.25, -0.2) is 0 Å². The van der Waals surface area contributed by atoms with Crippen LogP contribution in [0, 0.1) is 0 Å². The Kier molecular flexibility index (Phi) is 4.88. The topological polar surface area (TPSA) is 50.4 Å². The fraction of sp³-hybridized carbons (Fsp3) is 0.500. The van der Waals surface area contributed by atoms with Crippen molar-refractivity contribution in [3.8, 4) is 0 Å². The Morgan fingerprint density at radius 1 is 1.28 bits per heavy atom. The highest BCUT2D eigenvalue weighted by Crippen LogP contribution is 2.17. The van der Waals surface area contributed by atoms with Gasteiger partial charge in [0.05, 0.1) is 0 Å². The van der Waals surface area contributed by atoms with Crippen LogP contribution in [-0.2, 0) is 6.42 Å². The third-order valence-corrected chi connectivity index (χ3v) is 3.56. The standard InChI is InChI=1S/C14H20ClN3/c15-12-7-5-11(6-8-12)9-10-17-14(16)18-13-3-1-2-4-13/h5-8,13H,1-4,9-10H2,(H3,16,17,18). The van der Waals surface area contributed by atoms with Gasteiger partial charge in [0, 0.05) is 17.6 Å². The third-order valence-electron chi connectivity index (χ3n) is 3.30. The van der Waals surface area contributed by atoms with Crippen LogP contribution >= 0.6 is 11.6 Å². The molecule has 3 nitrogen and oxygen atoms in total. The molecular weight excluding hydrogens is 246 g/mol. The molecule has 0 saturated heterocycles. The summed E-state index contributed by atoms with van der Waals surface area (Å²) in [6.45, 7) is 0.715. The van der Waals surface area contributed by atoms with E-state index in [1.54, 1.807) is 0 Å². The highest BCUT2D eigenvalue weighted by molar-refractivity contribution is 6.30. The van der Waals surface area contributed by atoms with Gasteiger partial charge in [-0.15, -0.1) is 0 Å². The summed E-state index contributed by atoms with van der Waals surface area (Å²) in [6, 6.07) is 8.39. The molecule has 0 aromatic heterocycles. The Hall–Kier alpha value is -1.22. The average molecular weight is 266 g/mol. The smallest absolute Gasteiger partial charge is 0.188 e. The molecule has 1 aliphatic rings. The molecule has 0 bridgehead atoms. The molecule has 18 heavy (non-hydrogen) atoms. The molecule has 4 heteroatoms. The van der Waals surface area contributed by atoms with Crippen LogP contribution < -0.4 is 11.1 Å². The van der Waals surface area contributed by atoms with Gasteiger partial charge >= 0.3 is 0 Å². The van der Waals surface area contributed by atoms with Crippen molar-refractivity contribution in [1.82, 2.24) is 5.32 Å². The second kappa shape index (κ2) is 6.64. The molecule has 2 rings (SSSR count). The van der Waals surface area contributed by atoms with Gasteiger partial charge in [0.15, 0.2) is 5.96 Å². The summed E-state index contributed by atoms with van der Waals surface area (Å²) in [6.07, 6.45) is 5.93. The Bertz CT molecular complexity index is 394. The Morgan fingerprint density at radius 2 is 1.94 bits per heavy atom. The second-order valence-electron chi connectivity index (χ2n) is 4.77. The van der Waals surface area contributed by atoms with Crippen molar-refractivity contribution in [2.75, 3.05) is 6.54 Å². The quantitative estimate of drug-likeness (QED) is 0.650. The molecule has 0 atom stereocenters. The lowest BCUT2D eigenvalue weighted by molar-refractivity contribution is 0.625. The molecule has 0 radical (unpaired) electrons. The van der Waals surface area contributed by atoms with Crippen molar-refractivity contribution in [1.29, 1.82) is 0 Å². The van der Waals surface area contributed by atoms with Gasteiger partial charge < -0.3 is 11.1 Å². The number of aliphatic imine (C=N–C) groups is 1. The van der Waals surface area contributed by atoms with E-state index in [9.17, 15) is 0 Å². The summed E-state index contributed by atoms with van der Waals surface area (Å²) in [5.41, 5.74) is 7.09. The van der Waals surface area contributed by atoms with E-state index in [-0.39, 0.29) is 0 Å². The average Bonchev–Trinajstić information content (AvgIpc) is 2.84. The number of hydrogen-bond donors (Lipinski definition) is 2. The number of guanidine groups is 1. The molecule has 0 amide bonds. The third kappa shape index (κ3) is 4.22. The lowest BCUT2D eigenvalue weighted by Gasteiger charge is -2.12. The van der Waals surface area contributed by atoms with Crippen LogP contribution in [-0.4, -0.2) is 18.5 Å². The van der Waals surface area contributed by atoms with E-state index in [1.165, 1.54) is 31.2 Å². The van der Waals surface area contributed by atoms with Crippen molar-refractivity contribution in [2.45, 2.75) is 38.1 Å². The number of rotatable bonds is 4. The van der Waals surface area contributed by atoms with E-state index in [2.05, 4.69) is 10.3 Å². The highest BCUT2D eigenvalue weighted by atomic mass is 35.5. The zero-order valence-corrected chi connectivity index (χ0v) is 11.3. The van der Waals surface area contributed by atoms with Gasteiger partial charge in [-0.1, -0.05) is 36.6 Å². The minimum Gasteiger partial charge on any atom is -0.370 e. The summed E-state index contributed by atoms with van der Waals surface area (Å²) < 4.78 is 0. The lowest BCUT2D eigenvalue weighted by atomic mass is 10.1. The van der Waals surface area contributed by atoms with Gasteiger partial charge in [0.25, 0.3) is 0 Å². The first-order chi connectivity index (χ1) is 8.74. The molecule has 1 aliphatic carbocycles. The number of halogens is 1. The number of benzene rings is 1. The van der Waals surface area contributed by atoms with Gasteiger partial charge in [-0.3, -0.25) is 4.99 Å². The summed E-state index contributed by atoms with van der Waals surface area (Å²) >= 11 is 5.83. The molecular formula is C14H20ClN3. The predicted molar refractivity (Wildman–Crippen MR) is 77.0 cm³/mol. The minimum absolute atomic E-state index is 0.532. The predicted octanol–water partition coefficient (Wildman–Crippen LogP) is 2.73. The summed E-state index contributed by atoms with van der Waals surface area (Å²) in [7, 11) is 0. The minimum atomic E-state index is 0.532. The number of nitrogens with one attached hydrogen (secondary N) is 1. The monoisotopic (exact) mass is 265 g/mol. The number of hydrogen-bond acceptors (Lipinski definition) is 1.